The Morgan fingerprint density at radius 2 is 1.82 bits per heavy atom. The van der Waals surface area contributed by atoms with Crippen molar-refractivity contribution in [2.24, 2.45) is 5.73 Å². The number of nitrogens with zero attached hydrogens (tertiary/aromatic N) is 3. The van der Waals surface area contributed by atoms with E-state index in [1.54, 1.807) is 24.3 Å². The van der Waals surface area contributed by atoms with Crippen LogP contribution >= 0.6 is 0 Å². The van der Waals surface area contributed by atoms with Crippen molar-refractivity contribution >= 4 is 23.4 Å². The van der Waals surface area contributed by atoms with Crippen molar-refractivity contribution in [3.05, 3.63) is 82.2 Å². The lowest BCUT2D eigenvalue weighted by Crippen LogP contribution is -2.14. The highest BCUT2D eigenvalue weighted by Gasteiger charge is 2.24. The zero-order chi connectivity index (χ0) is 20.1. The molecule has 0 aliphatic heterocycles. The van der Waals surface area contributed by atoms with Gasteiger partial charge in [-0.2, -0.15) is 5.10 Å². The SMILES string of the molecule is NC(=O)c1nn(-c2ccc(NC(=O)OCc3ccccc3)cc2)cc1[N+](=O)[O-]. The molecule has 10 heteroatoms. The molecule has 10 nitrogen and oxygen atoms in total. The fourth-order valence-electron chi connectivity index (χ4n) is 2.38. The van der Waals surface area contributed by atoms with Crippen LogP contribution in [0.15, 0.2) is 60.8 Å². The summed E-state index contributed by atoms with van der Waals surface area (Å²) in [7, 11) is 0. The number of carbonyl (C=O) groups is 2. The van der Waals surface area contributed by atoms with Gasteiger partial charge in [-0.05, 0) is 29.8 Å². The largest absolute Gasteiger partial charge is 0.444 e. The molecule has 2 aromatic carbocycles. The van der Waals surface area contributed by atoms with Gasteiger partial charge in [0, 0.05) is 5.69 Å². The summed E-state index contributed by atoms with van der Waals surface area (Å²) in [6, 6.07) is 15.5. The summed E-state index contributed by atoms with van der Waals surface area (Å²) in [5, 5.41) is 17.4. The van der Waals surface area contributed by atoms with Crippen molar-refractivity contribution in [2.45, 2.75) is 6.61 Å². The molecule has 3 aromatic rings. The summed E-state index contributed by atoms with van der Waals surface area (Å²) in [6.45, 7) is 0.137. The van der Waals surface area contributed by atoms with Crippen molar-refractivity contribution in [1.29, 1.82) is 0 Å². The number of nitrogens with two attached hydrogens (primary N) is 1. The number of nitrogens with one attached hydrogen (secondary N) is 1. The normalized spacial score (nSPS) is 10.3. The van der Waals surface area contributed by atoms with Crippen LogP contribution < -0.4 is 11.1 Å². The monoisotopic (exact) mass is 381 g/mol. The first-order valence-corrected chi connectivity index (χ1v) is 8.06. The second-order valence-electron chi connectivity index (χ2n) is 5.66. The number of carbonyl (C=O) groups excluding carboxylic acids is 2. The van der Waals surface area contributed by atoms with E-state index in [9.17, 15) is 19.7 Å². The van der Waals surface area contributed by atoms with E-state index < -0.39 is 28.3 Å². The van der Waals surface area contributed by atoms with Crippen LogP contribution in [0.4, 0.5) is 16.2 Å². The van der Waals surface area contributed by atoms with Gasteiger partial charge >= 0.3 is 11.8 Å². The minimum atomic E-state index is -0.995. The minimum Gasteiger partial charge on any atom is -0.444 e. The fraction of sp³-hybridized carbons (Fsp3) is 0.0556. The van der Waals surface area contributed by atoms with Crippen LogP contribution in [0.3, 0.4) is 0 Å². The lowest BCUT2D eigenvalue weighted by atomic mass is 10.2. The first-order valence-electron chi connectivity index (χ1n) is 8.06. The lowest BCUT2D eigenvalue weighted by molar-refractivity contribution is -0.385. The van der Waals surface area contributed by atoms with Crippen LogP contribution in [0, 0.1) is 10.1 Å². The Hall–Kier alpha value is -4.21. The number of hydrogen-bond acceptors (Lipinski definition) is 6. The summed E-state index contributed by atoms with van der Waals surface area (Å²) in [4.78, 5) is 33.4. The standard InChI is InChI=1S/C18H15N5O5/c19-17(24)16-15(23(26)27)10-22(21-16)14-8-6-13(7-9-14)20-18(25)28-11-12-4-2-1-3-5-12/h1-10H,11H2,(H2,19,24)(H,20,25). The maximum atomic E-state index is 11.9. The van der Waals surface area contributed by atoms with Gasteiger partial charge in [0.2, 0.25) is 5.69 Å². The highest BCUT2D eigenvalue weighted by atomic mass is 16.6. The molecule has 2 amide bonds. The van der Waals surface area contributed by atoms with Crippen LogP contribution in [0.25, 0.3) is 5.69 Å². The van der Waals surface area contributed by atoms with Crippen LogP contribution in [0.5, 0.6) is 0 Å². The van der Waals surface area contributed by atoms with Gasteiger partial charge in [0.1, 0.15) is 12.8 Å². The summed E-state index contributed by atoms with van der Waals surface area (Å²) >= 11 is 0. The number of hydrogen-bond donors (Lipinski definition) is 2. The number of benzene rings is 2. The van der Waals surface area contributed by atoms with Gasteiger partial charge < -0.3 is 10.5 Å². The van der Waals surface area contributed by atoms with Gasteiger partial charge in [-0.15, -0.1) is 0 Å². The van der Waals surface area contributed by atoms with E-state index in [2.05, 4.69) is 10.4 Å². The van der Waals surface area contributed by atoms with E-state index in [0.29, 0.717) is 11.4 Å². The van der Waals surface area contributed by atoms with Crippen LogP contribution in [-0.2, 0) is 11.3 Å². The van der Waals surface area contributed by atoms with E-state index in [0.717, 1.165) is 16.4 Å². The number of rotatable bonds is 6. The highest BCUT2D eigenvalue weighted by molar-refractivity contribution is 5.94. The van der Waals surface area contributed by atoms with Gasteiger partial charge in [-0.25, -0.2) is 9.48 Å². The van der Waals surface area contributed by atoms with E-state index in [1.165, 1.54) is 0 Å². The van der Waals surface area contributed by atoms with E-state index in [-0.39, 0.29) is 6.61 Å². The van der Waals surface area contributed by atoms with Gasteiger partial charge in [0.05, 0.1) is 10.6 Å². The molecule has 0 radical (unpaired) electrons. The van der Waals surface area contributed by atoms with E-state index in [4.69, 9.17) is 10.5 Å². The maximum absolute atomic E-state index is 11.9. The number of amides is 2. The van der Waals surface area contributed by atoms with Crippen molar-refractivity contribution in [1.82, 2.24) is 9.78 Å². The Bertz CT molecular complexity index is 983. The molecule has 0 atom stereocenters. The number of ether oxygens (including phenoxy) is 1. The predicted octanol–water partition coefficient (Wildman–Crippen LogP) is 2.63. The quantitative estimate of drug-likeness (QED) is 0.496. The van der Waals surface area contributed by atoms with Gasteiger partial charge in [-0.3, -0.25) is 20.2 Å². The molecule has 28 heavy (non-hydrogen) atoms. The summed E-state index contributed by atoms with van der Waals surface area (Å²) in [6.07, 6.45) is 0.471. The average Bonchev–Trinajstić information content (AvgIpc) is 3.14. The fourth-order valence-corrected chi connectivity index (χ4v) is 2.38. The molecule has 0 bridgehead atoms. The topological polar surface area (TPSA) is 142 Å². The Kier molecular flexibility index (Phi) is 5.30. The molecule has 0 fully saturated rings. The van der Waals surface area contributed by atoms with Crippen molar-refractivity contribution in [3.8, 4) is 5.69 Å². The van der Waals surface area contributed by atoms with Gasteiger partial charge in [0.25, 0.3) is 5.91 Å². The third-order valence-corrected chi connectivity index (χ3v) is 3.72. The Morgan fingerprint density at radius 1 is 1.14 bits per heavy atom. The maximum Gasteiger partial charge on any atom is 0.411 e. The van der Waals surface area contributed by atoms with Crippen molar-refractivity contribution < 1.29 is 19.2 Å². The molecule has 0 aliphatic rings. The lowest BCUT2D eigenvalue weighted by Gasteiger charge is -2.08. The first-order chi connectivity index (χ1) is 13.4. The van der Waals surface area contributed by atoms with Gasteiger partial charge in [0.15, 0.2) is 0 Å². The molecule has 1 aromatic heterocycles. The molecule has 0 spiro atoms. The van der Waals surface area contributed by atoms with E-state index in [1.807, 2.05) is 30.3 Å². The zero-order valence-electron chi connectivity index (χ0n) is 14.4. The third kappa shape index (κ3) is 4.30. The molecular weight excluding hydrogens is 366 g/mol. The molecule has 0 saturated carbocycles. The van der Waals surface area contributed by atoms with Gasteiger partial charge in [-0.1, -0.05) is 30.3 Å². The molecule has 0 aliphatic carbocycles. The van der Waals surface area contributed by atoms with E-state index >= 15 is 0 Å². The summed E-state index contributed by atoms with van der Waals surface area (Å²) in [5.74, 6) is -0.995. The number of aromatic nitrogens is 2. The number of nitro groups is 1. The predicted molar refractivity (Wildman–Crippen MR) is 99.0 cm³/mol. The minimum absolute atomic E-state index is 0.137. The molecule has 142 valence electrons. The molecule has 3 N–H and O–H groups in total. The summed E-state index contributed by atoms with van der Waals surface area (Å²) in [5.41, 5.74) is 5.95. The van der Waals surface area contributed by atoms with Crippen molar-refractivity contribution in [3.63, 3.8) is 0 Å². The zero-order valence-corrected chi connectivity index (χ0v) is 14.4. The smallest absolute Gasteiger partial charge is 0.411 e. The summed E-state index contributed by atoms with van der Waals surface area (Å²) < 4.78 is 6.29. The molecular formula is C18H15N5O5. The van der Waals surface area contributed by atoms with Crippen molar-refractivity contribution in [2.75, 3.05) is 5.32 Å². The Morgan fingerprint density at radius 3 is 2.39 bits per heavy atom. The first kappa shape index (κ1) is 18.6. The van der Waals surface area contributed by atoms with Crippen LogP contribution in [0.2, 0.25) is 0 Å². The second kappa shape index (κ2) is 7.99. The van der Waals surface area contributed by atoms with Crippen LogP contribution in [-0.4, -0.2) is 26.7 Å². The molecule has 0 unspecified atom stereocenters. The highest BCUT2D eigenvalue weighted by Crippen LogP contribution is 2.20. The molecule has 1 heterocycles. The third-order valence-electron chi connectivity index (χ3n) is 3.72. The molecule has 0 saturated heterocycles. The molecule has 3 rings (SSSR count). The Balaban J connectivity index is 1.66. The number of anilines is 1. The van der Waals surface area contributed by atoms with Crippen LogP contribution in [0.1, 0.15) is 16.1 Å². The average molecular weight is 381 g/mol. The number of primary amides is 1. The second-order valence-corrected chi connectivity index (χ2v) is 5.66. The Labute approximate surface area is 158 Å².